The standard InChI is InChI=1S/C21H24N4O3/c1-2-28-19-11-6-3-8-16(19)21(27)23-14-20(26)22-12-7-13-25-15-24-17-9-4-5-10-18(17)25/h3-6,8-11,15H,2,7,12-14H2,1H3,(H,22,26)(H,23,27). The van der Waals surface area contributed by atoms with Gasteiger partial charge >= 0.3 is 0 Å². The van der Waals surface area contributed by atoms with Gasteiger partial charge in [0.15, 0.2) is 0 Å². The highest BCUT2D eigenvalue weighted by Gasteiger charge is 2.12. The highest BCUT2D eigenvalue weighted by molar-refractivity contribution is 5.98. The SMILES string of the molecule is CCOc1ccccc1C(=O)NCC(=O)NCCCn1cnc2ccccc21. The molecule has 2 aromatic carbocycles. The smallest absolute Gasteiger partial charge is 0.255 e. The third-order valence-electron chi connectivity index (χ3n) is 4.27. The van der Waals surface area contributed by atoms with Gasteiger partial charge in [0.1, 0.15) is 5.75 Å². The first-order chi connectivity index (χ1) is 13.7. The first-order valence-corrected chi connectivity index (χ1v) is 9.35. The number of aromatic nitrogens is 2. The molecule has 1 aromatic heterocycles. The average molecular weight is 380 g/mol. The minimum absolute atomic E-state index is 0.0761. The van der Waals surface area contributed by atoms with E-state index in [-0.39, 0.29) is 18.4 Å². The summed E-state index contributed by atoms with van der Waals surface area (Å²) in [5, 5.41) is 5.45. The van der Waals surface area contributed by atoms with E-state index in [1.807, 2.05) is 37.5 Å². The Morgan fingerprint density at radius 2 is 1.86 bits per heavy atom. The molecule has 146 valence electrons. The zero-order valence-electron chi connectivity index (χ0n) is 15.9. The molecule has 0 fully saturated rings. The Morgan fingerprint density at radius 3 is 2.71 bits per heavy atom. The Balaban J connectivity index is 1.41. The van der Waals surface area contributed by atoms with Crippen molar-refractivity contribution in [2.24, 2.45) is 0 Å². The predicted molar refractivity (Wildman–Crippen MR) is 107 cm³/mol. The second-order valence-electron chi connectivity index (χ2n) is 6.24. The van der Waals surface area contributed by atoms with Gasteiger partial charge in [-0.25, -0.2) is 4.98 Å². The lowest BCUT2D eigenvalue weighted by molar-refractivity contribution is -0.120. The van der Waals surface area contributed by atoms with E-state index in [4.69, 9.17) is 4.74 Å². The predicted octanol–water partition coefficient (Wildman–Crippen LogP) is 2.37. The van der Waals surface area contributed by atoms with E-state index in [1.165, 1.54) is 0 Å². The maximum absolute atomic E-state index is 12.3. The van der Waals surface area contributed by atoms with Crippen molar-refractivity contribution in [2.45, 2.75) is 19.9 Å². The fourth-order valence-electron chi connectivity index (χ4n) is 2.92. The summed E-state index contributed by atoms with van der Waals surface area (Å²) in [6, 6.07) is 14.9. The molecule has 0 aliphatic rings. The lowest BCUT2D eigenvalue weighted by atomic mass is 10.2. The largest absolute Gasteiger partial charge is 0.493 e. The summed E-state index contributed by atoms with van der Waals surface area (Å²) in [4.78, 5) is 28.6. The molecule has 0 atom stereocenters. The van der Waals surface area contributed by atoms with Crippen LogP contribution in [0.4, 0.5) is 0 Å². The van der Waals surface area contributed by atoms with Crippen LogP contribution in [0, 0.1) is 0 Å². The molecule has 0 aliphatic carbocycles. The number of benzene rings is 2. The molecule has 2 N–H and O–H groups in total. The minimum Gasteiger partial charge on any atom is -0.493 e. The normalized spacial score (nSPS) is 10.6. The lowest BCUT2D eigenvalue weighted by Gasteiger charge is -2.11. The number of aryl methyl sites for hydroxylation is 1. The highest BCUT2D eigenvalue weighted by atomic mass is 16.5. The molecule has 0 spiro atoms. The van der Waals surface area contributed by atoms with Gasteiger partial charge in [0.05, 0.1) is 36.1 Å². The number of nitrogens with zero attached hydrogens (tertiary/aromatic N) is 2. The first-order valence-electron chi connectivity index (χ1n) is 9.35. The zero-order valence-corrected chi connectivity index (χ0v) is 15.9. The van der Waals surface area contributed by atoms with Gasteiger partial charge in [-0.15, -0.1) is 0 Å². The van der Waals surface area contributed by atoms with Gasteiger partial charge in [-0.1, -0.05) is 24.3 Å². The maximum atomic E-state index is 12.3. The molecule has 0 radical (unpaired) electrons. The van der Waals surface area contributed by atoms with Crippen LogP contribution in [0.1, 0.15) is 23.7 Å². The molecule has 3 rings (SSSR count). The molecule has 2 amide bonds. The Morgan fingerprint density at radius 1 is 1.07 bits per heavy atom. The molecule has 1 heterocycles. The molecule has 0 unspecified atom stereocenters. The van der Waals surface area contributed by atoms with Crippen molar-refractivity contribution in [2.75, 3.05) is 19.7 Å². The van der Waals surface area contributed by atoms with Crippen molar-refractivity contribution >= 4 is 22.8 Å². The van der Waals surface area contributed by atoms with Crippen molar-refractivity contribution in [1.82, 2.24) is 20.2 Å². The van der Waals surface area contributed by atoms with E-state index in [9.17, 15) is 9.59 Å². The summed E-state index contributed by atoms with van der Waals surface area (Å²) in [6.07, 6.45) is 2.58. The lowest BCUT2D eigenvalue weighted by Crippen LogP contribution is -2.37. The Kier molecular flexibility index (Phi) is 6.62. The molecule has 0 saturated carbocycles. The van der Waals surface area contributed by atoms with E-state index in [0.717, 1.165) is 24.0 Å². The van der Waals surface area contributed by atoms with Gasteiger partial charge in [0.25, 0.3) is 5.91 Å². The van der Waals surface area contributed by atoms with Gasteiger partial charge < -0.3 is 19.9 Å². The number of amides is 2. The molecule has 0 bridgehead atoms. The van der Waals surface area contributed by atoms with Crippen LogP contribution in [0.2, 0.25) is 0 Å². The quantitative estimate of drug-likeness (QED) is 0.558. The molecule has 7 nitrogen and oxygen atoms in total. The van der Waals surface area contributed by atoms with Crippen LogP contribution >= 0.6 is 0 Å². The van der Waals surface area contributed by atoms with Crippen molar-refractivity contribution < 1.29 is 14.3 Å². The van der Waals surface area contributed by atoms with Crippen LogP contribution in [-0.4, -0.2) is 41.1 Å². The zero-order chi connectivity index (χ0) is 19.8. The number of fused-ring (bicyclic) bond motifs is 1. The average Bonchev–Trinajstić information content (AvgIpc) is 3.13. The number of hydrogen-bond donors (Lipinski definition) is 2. The minimum atomic E-state index is -0.330. The van der Waals surface area contributed by atoms with Crippen molar-refractivity contribution in [3.05, 3.63) is 60.4 Å². The second kappa shape index (κ2) is 9.55. The van der Waals surface area contributed by atoms with Crippen molar-refractivity contribution in [1.29, 1.82) is 0 Å². The van der Waals surface area contributed by atoms with E-state index >= 15 is 0 Å². The number of para-hydroxylation sites is 3. The number of carbonyl (C=O) groups excluding carboxylic acids is 2. The van der Waals surface area contributed by atoms with Crippen LogP contribution in [0.5, 0.6) is 5.75 Å². The molecule has 0 saturated heterocycles. The molecular weight excluding hydrogens is 356 g/mol. The van der Waals surface area contributed by atoms with Crippen LogP contribution in [0.3, 0.4) is 0 Å². The topological polar surface area (TPSA) is 85.2 Å². The Hall–Kier alpha value is -3.35. The van der Waals surface area contributed by atoms with Crippen molar-refractivity contribution in [3.63, 3.8) is 0 Å². The summed E-state index contributed by atoms with van der Waals surface area (Å²) in [5.41, 5.74) is 2.46. The monoisotopic (exact) mass is 380 g/mol. The van der Waals surface area contributed by atoms with Crippen LogP contribution < -0.4 is 15.4 Å². The molecular formula is C21H24N4O3. The third kappa shape index (κ3) is 4.88. The number of imidazole rings is 1. The van der Waals surface area contributed by atoms with Gasteiger partial charge in [0.2, 0.25) is 5.91 Å². The number of carbonyl (C=O) groups is 2. The van der Waals surface area contributed by atoms with Gasteiger partial charge in [-0.2, -0.15) is 0 Å². The van der Waals surface area contributed by atoms with Gasteiger partial charge in [-0.05, 0) is 37.6 Å². The molecule has 3 aromatic rings. The van der Waals surface area contributed by atoms with Crippen LogP contribution in [-0.2, 0) is 11.3 Å². The van der Waals surface area contributed by atoms with Gasteiger partial charge in [-0.3, -0.25) is 9.59 Å². The first kappa shape index (κ1) is 19.4. The fourth-order valence-corrected chi connectivity index (χ4v) is 2.92. The third-order valence-corrected chi connectivity index (χ3v) is 4.27. The Labute approximate surface area is 163 Å². The van der Waals surface area contributed by atoms with E-state index < -0.39 is 0 Å². The molecule has 7 heteroatoms. The van der Waals surface area contributed by atoms with Gasteiger partial charge in [0, 0.05) is 13.1 Å². The number of hydrogen-bond acceptors (Lipinski definition) is 4. The maximum Gasteiger partial charge on any atom is 0.255 e. The summed E-state index contributed by atoms with van der Waals surface area (Å²) in [5.74, 6) is -0.0442. The fraction of sp³-hybridized carbons (Fsp3) is 0.286. The van der Waals surface area contributed by atoms with Crippen LogP contribution in [0.15, 0.2) is 54.9 Å². The van der Waals surface area contributed by atoms with E-state index in [2.05, 4.69) is 20.2 Å². The summed E-state index contributed by atoms with van der Waals surface area (Å²) < 4.78 is 7.50. The summed E-state index contributed by atoms with van der Waals surface area (Å²) in [7, 11) is 0. The van der Waals surface area contributed by atoms with E-state index in [1.54, 1.807) is 24.3 Å². The summed E-state index contributed by atoms with van der Waals surface area (Å²) >= 11 is 0. The number of rotatable bonds is 9. The number of ether oxygens (including phenoxy) is 1. The van der Waals surface area contributed by atoms with E-state index in [0.29, 0.717) is 24.5 Å². The molecule has 28 heavy (non-hydrogen) atoms. The Bertz CT molecular complexity index is 951. The number of nitrogens with one attached hydrogen (secondary N) is 2. The highest BCUT2D eigenvalue weighted by Crippen LogP contribution is 2.17. The second-order valence-corrected chi connectivity index (χ2v) is 6.24. The van der Waals surface area contributed by atoms with Crippen molar-refractivity contribution in [3.8, 4) is 5.75 Å². The summed E-state index contributed by atoms with van der Waals surface area (Å²) in [6.45, 7) is 3.53. The molecule has 0 aliphatic heterocycles. The van der Waals surface area contributed by atoms with Crippen LogP contribution in [0.25, 0.3) is 11.0 Å².